The quantitative estimate of drug-likeness (QED) is 0.561. The highest BCUT2D eigenvalue weighted by molar-refractivity contribution is 5.84. The molecule has 126 valence electrons. The number of nitrogens with one attached hydrogen (secondary N) is 1. The third-order valence-corrected chi connectivity index (χ3v) is 3.93. The summed E-state index contributed by atoms with van der Waals surface area (Å²) >= 11 is 0. The molecule has 0 bridgehead atoms. The molecular weight excluding hydrogens is 312 g/mol. The molecule has 0 spiro atoms. The molecule has 0 atom stereocenters. The van der Waals surface area contributed by atoms with Crippen molar-refractivity contribution in [1.29, 1.82) is 0 Å². The van der Waals surface area contributed by atoms with Crippen LogP contribution in [0.4, 0.5) is 5.82 Å². The van der Waals surface area contributed by atoms with E-state index in [1.54, 1.807) is 13.3 Å². The first-order chi connectivity index (χ1) is 12.2. The summed E-state index contributed by atoms with van der Waals surface area (Å²) < 4.78 is 5.32. The normalized spacial score (nSPS) is 10.8. The maximum atomic E-state index is 5.32. The van der Waals surface area contributed by atoms with Gasteiger partial charge in [0.2, 0.25) is 0 Å². The van der Waals surface area contributed by atoms with E-state index in [-0.39, 0.29) is 0 Å². The number of hydrogen-bond acceptors (Lipinski definition) is 5. The van der Waals surface area contributed by atoms with Crippen LogP contribution in [-0.2, 0) is 0 Å². The van der Waals surface area contributed by atoms with Crippen molar-refractivity contribution >= 4 is 12.0 Å². The van der Waals surface area contributed by atoms with Gasteiger partial charge >= 0.3 is 0 Å². The fourth-order valence-corrected chi connectivity index (χ4v) is 2.39. The maximum absolute atomic E-state index is 5.32. The molecule has 5 nitrogen and oxygen atoms in total. The van der Waals surface area contributed by atoms with Crippen molar-refractivity contribution in [2.45, 2.75) is 13.8 Å². The van der Waals surface area contributed by atoms with Gasteiger partial charge in [0.05, 0.1) is 13.3 Å². The fourth-order valence-electron chi connectivity index (χ4n) is 2.39. The van der Waals surface area contributed by atoms with Crippen LogP contribution in [0.3, 0.4) is 0 Å². The van der Waals surface area contributed by atoms with Crippen LogP contribution in [0.15, 0.2) is 59.7 Å². The molecule has 0 unspecified atom stereocenters. The van der Waals surface area contributed by atoms with Gasteiger partial charge in [-0.25, -0.2) is 9.97 Å². The van der Waals surface area contributed by atoms with Gasteiger partial charge in [-0.2, -0.15) is 5.10 Å². The van der Waals surface area contributed by atoms with E-state index in [4.69, 9.17) is 4.74 Å². The molecule has 0 radical (unpaired) electrons. The Labute approximate surface area is 147 Å². The zero-order valence-corrected chi connectivity index (χ0v) is 14.5. The number of anilines is 1. The summed E-state index contributed by atoms with van der Waals surface area (Å²) in [6, 6.07) is 17.6. The molecule has 0 saturated heterocycles. The molecule has 2 aromatic carbocycles. The third kappa shape index (κ3) is 3.83. The van der Waals surface area contributed by atoms with Gasteiger partial charge in [0.1, 0.15) is 5.75 Å². The number of aromatic nitrogens is 2. The van der Waals surface area contributed by atoms with Gasteiger partial charge in [0, 0.05) is 22.4 Å². The lowest BCUT2D eigenvalue weighted by molar-refractivity contribution is 0.414. The van der Waals surface area contributed by atoms with Crippen LogP contribution in [0.25, 0.3) is 11.4 Å². The zero-order valence-electron chi connectivity index (χ0n) is 14.5. The standard InChI is InChI=1S/C20H20N4O/c1-14-15(2)22-20(16-9-5-4-6-10-16)23-19(14)24-21-13-17-11-7-8-12-18(17)25-3/h4-13H,1-3H3,(H,22,23,24). The highest BCUT2D eigenvalue weighted by Crippen LogP contribution is 2.21. The molecule has 25 heavy (non-hydrogen) atoms. The van der Waals surface area contributed by atoms with Crippen molar-refractivity contribution in [3.05, 3.63) is 71.4 Å². The summed E-state index contributed by atoms with van der Waals surface area (Å²) in [6.07, 6.45) is 1.72. The predicted molar refractivity (Wildman–Crippen MR) is 101 cm³/mol. The van der Waals surface area contributed by atoms with Gasteiger partial charge in [-0.15, -0.1) is 0 Å². The Balaban J connectivity index is 1.87. The number of ether oxygens (including phenoxy) is 1. The van der Waals surface area contributed by atoms with Gasteiger partial charge in [-0.1, -0.05) is 42.5 Å². The molecule has 0 aliphatic rings. The maximum Gasteiger partial charge on any atom is 0.161 e. The first kappa shape index (κ1) is 16.6. The lowest BCUT2D eigenvalue weighted by Crippen LogP contribution is -2.03. The summed E-state index contributed by atoms with van der Waals surface area (Å²) in [6.45, 7) is 3.95. The number of hydrogen-bond donors (Lipinski definition) is 1. The molecule has 1 aromatic heterocycles. The monoisotopic (exact) mass is 332 g/mol. The topological polar surface area (TPSA) is 59.4 Å². The lowest BCUT2D eigenvalue weighted by Gasteiger charge is -2.10. The highest BCUT2D eigenvalue weighted by Gasteiger charge is 2.09. The largest absolute Gasteiger partial charge is 0.496 e. The third-order valence-electron chi connectivity index (χ3n) is 3.93. The van der Waals surface area contributed by atoms with E-state index in [2.05, 4.69) is 20.5 Å². The lowest BCUT2D eigenvalue weighted by atomic mass is 10.2. The van der Waals surface area contributed by atoms with Crippen molar-refractivity contribution in [3.8, 4) is 17.1 Å². The van der Waals surface area contributed by atoms with Crippen molar-refractivity contribution in [2.75, 3.05) is 12.5 Å². The van der Waals surface area contributed by atoms with Crippen LogP contribution in [0.2, 0.25) is 0 Å². The number of rotatable bonds is 5. The molecule has 0 aliphatic heterocycles. The number of para-hydroxylation sites is 1. The van der Waals surface area contributed by atoms with Crippen molar-refractivity contribution in [3.63, 3.8) is 0 Å². The van der Waals surface area contributed by atoms with Crippen molar-refractivity contribution < 1.29 is 4.74 Å². The minimum atomic E-state index is 0.679. The van der Waals surface area contributed by atoms with Crippen LogP contribution in [0, 0.1) is 13.8 Å². The Morgan fingerprint density at radius 2 is 1.68 bits per heavy atom. The van der Waals surface area contributed by atoms with Crippen LogP contribution in [0.1, 0.15) is 16.8 Å². The van der Waals surface area contributed by atoms with E-state index in [1.165, 1.54) is 0 Å². The second-order valence-electron chi connectivity index (χ2n) is 5.58. The summed E-state index contributed by atoms with van der Waals surface area (Å²) in [4.78, 5) is 9.18. The highest BCUT2D eigenvalue weighted by atomic mass is 16.5. The predicted octanol–water partition coefficient (Wildman–Crippen LogP) is 4.22. The van der Waals surface area contributed by atoms with Crippen LogP contribution in [0.5, 0.6) is 5.75 Å². The molecule has 0 aliphatic carbocycles. The summed E-state index contributed by atoms with van der Waals surface area (Å²) in [7, 11) is 1.64. The summed E-state index contributed by atoms with van der Waals surface area (Å²) in [5.74, 6) is 2.14. The van der Waals surface area contributed by atoms with Crippen molar-refractivity contribution in [2.24, 2.45) is 5.10 Å². The zero-order chi connectivity index (χ0) is 17.6. The molecule has 0 fully saturated rings. The van der Waals surface area contributed by atoms with Crippen molar-refractivity contribution in [1.82, 2.24) is 9.97 Å². The van der Waals surface area contributed by atoms with E-state index < -0.39 is 0 Å². The molecule has 1 N–H and O–H groups in total. The van der Waals surface area contributed by atoms with E-state index in [0.29, 0.717) is 11.6 Å². The van der Waals surface area contributed by atoms with E-state index in [0.717, 1.165) is 28.1 Å². The molecular formula is C20H20N4O. The van der Waals surface area contributed by atoms with Gasteiger partial charge in [0.25, 0.3) is 0 Å². The summed E-state index contributed by atoms with van der Waals surface area (Å²) in [5, 5.41) is 4.31. The number of hydrazone groups is 1. The van der Waals surface area contributed by atoms with Crippen LogP contribution in [-0.4, -0.2) is 23.3 Å². The molecule has 1 heterocycles. The second-order valence-corrected chi connectivity index (χ2v) is 5.58. The molecule has 0 amide bonds. The first-order valence-corrected chi connectivity index (χ1v) is 8.02. The minimum Gasteiger partial charge on any atom is -0.496 e. The molecule has 5 heteroatoms. The fraction of sp³-hybridized carbons (Fsp3) is 0.150. The average molecular weight is 332 g/mol. The Bertz CT molecular complexity index is 891. The van der Waals surface area contributed by atoms with Crippen LogP contribution >= 0.6 is 0 Å². The van der Waals surface area contributed by atoms with E-state index in [9.17, 15) is 0 Å². The SMILES string of the molecule is COc1ccccc1C=NNc1nc(-c2ccccc2)nc(C)c1C. The number of benzene rings is 2. The van der Waals surface area contributed by atoms with Gasteiger partial charge in [-0.3, -0.25) is 5.43 Å². The Morgan fingerprint density at radius 3 is 2.44 bits per heavy atom. The van der Waals surface area contributed by atoms with Crippen LogP contribution < -0.4 is 10.2 Å². The number of methoxy groups -OCH3 is 1. The molecule has 3 rings (SSSR count). The van der Waals surface area contributed by atoms with Gasteiger partial charge in [0.15, 0.2) is 11.6 Å². The first-order valence-electron chi connectivity index (χ1n) is 8.02. The average Bonchev–Trinajstić information content (AvgIpc) is 2.66. The van der Waals surface area contributed by atoms with E-state index >= 15 is 0 Å². The van der Waals surface area contributed by atoms with Gasteiger partial charge < -0.3 is 4.74 Å². The Hall–Kier alpha value is -3.21. The number of aryl methyl sites for hydroxylation is 1. The van der Waals surface area contributed by atoms with Gasteiger partial charge in [-0.05, 0) is 26.0 Å². The minimum absolute atomic E-state index is 0.679. The number of nitrogens with zero attached hydrogens (tertiary/aromatic N) is 3. The smallest absolute Gasteiger partial charge is 0.161 e. The second kappa shape index (κ2) is 7.57. The Kier molecular flexibility index (Phi) is 5.04. The van der Waals surface area contributed by atoms with E-state index in [1.807, 2.05) is 68.4 Å². The Morgan fingerprint density at radius 1 is 0.960 bits per heavy atom. The summed E-state index contributed by atoms with van der Waals surface area (Å²) in [5.41, 5.74) is 6.78. The molecule has 3 aromatic rings. The molecule has 0 saturated carbocycles.